The predicted molar refractivity (Wildman–Crippen MR) is 104 cm³/mol. The number of nitrogens with one attached hydrogen (secondary N) is 2. The van der Waals surface area contributed by atoms with Gasteiger partial charge in [0.25, 0.3) is 0 Å². The number of carbonyl (C=O) groups is 1. The molecule has 3 aromatic rings. The molecular formula is C21H24N4O. The maximum atomic E-state index is 11.8. The number of aryl methyl sites for hydroxylation is 1. The molecule has 0 radical (unpaired) electrons. The van der Waals surface area contributed by atoms with Crippen molar-refractivity contribution in [1.82, 2.24) is 20.2 Å². The lowest BCUT2D eigenvalue weighted by Crippen LogP contribution is -2.37. The molecule has 2 amide bonds. The molecule has 0 fully saturated rings. The third kappa shape index (κ3) is 5.21. The minimum Gasteiger partial charge on any atom is -0.338 e. The second-order valence-electron chi connectivity index (χ2n) is 6.08. The number of nitrogens with zero attached hydrogens (tertiary/aromatic N) is 2. The van der Waals surface area contributed by atoms with Crippen molar-refractivity contribution in [3.8, 4) is 11.4 Å². The normalized spacial score (nSPS) is 10.5. The van der Waals surface area contributed by atoms with Gasteiger partial charge >= 0.3 is 6.03 Å². The second kappa shape index (κ2) is 9.42. The fraction of sp³-hybridized carbons (Fsp3) is 0.238. The topological polar surface area (TPSA) is 59.0 Å². The van der Waals surface area contributed by atoms with Crippen molar-refractivity contribution in [1.29, 1.82) is 0 Å². The minimum absolute atomic E-state index is 0.116. The fourth-order valence-corrected chi connectivity index (χ4v) is 2.82. The summed E-state index contributed by atoms with van der Waals surface area (Å²) in [6, 6.07) is 20.1. The smallest absolute Gasteiger partial charge is 0.314 e. The summed E-state index contributed by atoms with van der Waals surface area (Å²) in [4.78, 5) is 16.3. The molecule has 1 heterocycles. The van der Waals surface area contributed by atoms with Gasteiger partial charge in [0.15, 0.2) is 0 Å². The van der Waals surface area contributed by atoms with Gasteiger partial charge in [-0.25, -0.2) is 9.78 Å². The zero-order valence-electron chi connectivity index (χ0n) is 14.8. The van der Waals surface area contributed by atoms with Crippen molar-refractivity contribution >= 4 is 6.03 Å². The number of imidazole rings is 1. The maximum Gasteiger partial charge on any atom is 0.314 e. The van der Waals surface area contributed by atoms with E-state index in [-0.39, 0.29) is 6.03 Å². The maximum absolute atomic E-state index is 11.8. The van der Waals surface area contributed by atoms with E-state index in [0.717, 1.165) is 30.8 Å². The summed E-state index contributed by atoms with van der Waals surface area (Å²) in [5, 5.41) is 5.80. The van der Waals surface area contributed by atoms with E-state index in [1.54, 1.807) is 0 Å². The van der Waals surface area contributed by atoms with Crippen molar-refractivity contribution in [2.45, 2.75) is 19.4 Å². The highest BCUT2D eigenvalue weighted by molar-refractivity contribution is 5.73. The summed E-state index contributed by atoms with van der Waals surface area (Å²) in [6.45, 7) is 2.08. The van der Waals surface area contributed by atoms with E-state index in [1.165, 1.54) is 5.56 Å². The van der Waals surface area contributed by atoms with Crippen LogP contribution in [0.5, 0.6) is 0 Å². The van der Waals surface area contributed by atoms with Gasteiger partial charge in [-0.15, -0.1) is 0 Å². The van der Waals surface area contributed by atoms with Crippen LogP contribution in [0.25, 0.3) is 11.4 Å². The largest absolute Gasteiger partial charge is 0.338 e. The summed E-state index contributed by atoms with van der Waals surface area (Å²) < 4.78 is 2.12. The summed E-state index contributed by atoms with van der Waals surface area (Å²) in [7, 11) is 0. The molecule has 134 valence electrons. The van der Waals surface area contributed by atoms with E-state index in [4.69, 9.17) is 0 Å². The molecule has 1 aromatic heterocycles. The number of aromatic nitrogens is 2. The first-order valence-electron chi connectivity index (χ1n) is 8.95. The Hall–Kier alpha value is -3.08. The number of amides is 2. The molecule has 5 heteroatoms. The van der Waals surface area contributed by atoms with Crippen LogP contribution in [0.15, 0.2) is 73.1 Å². The zero-order chi connectivity index (χ0) is 18.0. The number of rotatable bonds is 8. The van der Waals surface area contributed by atoms with Gasteiger partial charge < -0.3 is 15.2 Å². The lowest BCUT2D eigenvalue weighted by Gasteiger charge is -2.10. The highest BCUT2D eigenvalue weighted by Gasteiger charge is 2.05. The number of urea groups is 1. The molecule has 0 aliphatic rings. The average Bonchev–Trinajstić information content (AvgIpc) is 3.15. The van der Waals surface area contributed by atoms with Gasteiger partial charge in [-0.2, -0.15) is 0 Å². The monoisotopic (exact) mass is 348 g/mol. The van der Waals surface area contributed by atoms with Gasteiger partial charge in [-0.05, 0) is 18.4 Å². The third-order valence-corrected chi connectivity index (χ3v) is 4.15. The first-order chi connectivity index (χ1) is 12.8. The van der Waals surface area contributed by atoms with E-state index in [9.17, 15) is 4.79 Å². The van der Waals surface area contributed by atoms with Crippen LogP contribution in [0.3, 0.4) is 0 Å². The van der Waals surface area contributed by atoms with Gasteiger partial charge in [0, 0.05) is 37.6 Å². The van der Waals surface area contributed by atoms with E-state index in [1.807, 2.05) is 48.8 Å². The highest BCUT2D eigenvalue weighted by Crippen LogP contribution is 2.16. The van der Waals surface area contributed by atoms with Gasteiger partial charge in [-0.3, -0.25) is 0 Å². The lowest BCUT2D eigenvalue weighted by molar-refractivity contribution is 0.240. The quantitative estimate of drug-likeness (QED) is 0.612. The molecule has 5 nitrogen and oxygen atoms in total. The molecule has 0 bridgehead atoms. The summed E-state index contributed by atoms with van der Waals surface area (Å²) in [5.74, 6) is 0.956. The van der Waals surface area contributed by atoms with Crippen LogP contribution in [0.1, 0.15) is 12.0 Å². The molecule has 0 saturated carbocycles. The summed E-state index contributed by atoms with van der Waals surface area (Å²) >= 11 is 0. The molecule has 26 heavy (non-hydrogen) atoms. The van der Waals surface area contributed by atoms with E-state index in [2.05, 4.69) is 44.5 Å². The van der Waals surface area contributed by atoms with Crippen molar-refractivity contribution in [2.24, 2.45) is 0 Å². The Labute approximate surface area is 154 Å². The Morgan fingerprint density at radius 1 is 0.923 bits per heavy atom. The molecule has 2 aromatic carbocycles. The van der Waals surface area contributed by atoms with E-state index < -0.39 is 0 Å². The minimum atomic E-state index is -0.116. The fourth-order valence-electron chi connectivity index (χ4n) is 2.82. The molecule has 0 aliphatic carbocycles. The molecular weight excluding hydrogens is 324 g/mol. The first kappa shape index (κ1) is 17.7. The third-order valence-electron chi connectivity index (χ3n) is 4.15. The van der Waals surface area contributed by atoms with Crippen LogP contribution in [0.4, 0.5) is 4.79 Å². The van der Waals surface area contributed by atoms with Crippen LogP contribution < -0.4 is 10.6 Å². The Morgan fingerprint density at radius 2 is 1.62 bits per heavy atom. The Kier molecular flexibility index (Phi) is 6.42. The van der Waals surface area contributed by atoms with Gasteiger partial charge in [-0.1, -0.05) is 60.7 Å². The zero-order valence-corrected chi connectivity index (χ0v) is 14.8. The molecule has 0 spiro atoms. The summed E-state index contributed by atoms with van der Waals surface area (Å²) in [6.07, 6.45) is 5.47. The number of hydrogen-bond donors (Lipinski definition) is 2. The Bertz CT molecular complexity index is 799. The van der Waals surface area contributed by atoms with Crippen LogP contribution in [-0.2, 0) is 13.0 Å². The van der Waals surface area contributed by atoms with E-state index >= 15 is 0 Å². The van der Waals surface area contributed by atoms with Crippen molar-refractivity contribution in [3.05, 3.63) is 78.6 Å². The molecule has 0 unspecified atom stereocenters. The standard InChI is InChI=1S/C21H24N4O/c26-21(24-14-12-18-8-3-1-4-9-18)23-13-7-16-25-17-15-22-20(25)19-10-5-2-6-11-19/h1-6,8-11,15,17H,7,12-14,16H2,(H2,23,24,26). The van der Waals surface area contributed by atoms with Gasteiger partial charge in [0.2, 0.25) is 0 Å². The first-order valence-corrected chi connectivity index (χ1v) is 8.95. The lowest BCUT2D eigenvalue weighted by atomic mass is 10.1. The van der Waals surface area contributed by atoms with Crippen molar-refractivity contribution in [2.75, 3.05) is 13.1 Å². The Balaban J connectivity index is 1.36. The van der Waals surface area contributed by atoms with Crippen LogP contribution >= 0.6 is 0 Å². The second-order valence-corrected chi connectivity index (χ2v) is 6.08. The molecule has 0 aliphatic heterocycles. The summed E-state index contributed by atoms with van der Waals surface area (Å²) in [5.41, 5.74) is 2.32. The average molecular weight is 348 g/mol. The van der Waals surface area contributed by atoms with Gasteiger partial charge in [0.1, 0.15) is 5.82 Å². The molecule has 0 saturated heterocycles. The highest BCUT2D eigenvalue weighted by atomic mass is 16.2. The van der Waals surface area contributed by atoms with Gasteiger partial charge in [0.05, 0.1) is 0 Å². The van der Waals surface area contributed by atoms with Crippen LogP contribution in [0.2, 0.25) is 0 Å². The van der Waals surface area contributed by atoms with Crippen molar-refractivity contribution < 1.29 is 4.79 Å². The van der Waals surface area contributed by atoms with Crippen LogP contribution in [-0.4, -0.2) is 28.7 Å². The number of benzene rings is 2. The number of hydrogen-bond acceptors (Lipinski definition) is 2. The molecule has 3 rings (SSSR count). The molecule has 0 atom stereocenters. The number of carbonyl (C=O) groups excluding carboxylic acids is 1. The van der Waals surface area contributed by atoms with Crippen molar-refractivity contribution in [3.63, 3.8) is 0 Å². The Morgan fingerprint density at radius 3 is 2.38 bits per heavy atom. The SMILES string of the molecule is O=C(NCCCn1ccnc1-c1ccccc1)NCCc1ccccc1. The van der Waals surface area contributed by atoms with E-state index in [0.29, 0.717) is 13.1 Å². The molecule has 2 N–H and O–H groups in total. The van der Waals surface area contributed by atoms with Crippen LogP contribution in [0, 0.1) is 0 Å². The predicted octanol–water partition coefficient (Wildman–Crippen LogP) is 3.48.